The maximum atomic E-state index is 8.79. The van der Waals surface area contributed by atoms with Gasteiger partial charge in [0.05, 0.1) is 5.48 Å². The van der Waals surface area contributed by atoms with Gasteiger partial charge >= 0.3 is 0 Å². The van der Waals surface area contributed by atoms with Crippen molar-refractivity contribution in [2.75, 3.05) is 9.80 Å². The van der Waals surface area contributed by atoms with E-state index in [9.17, 15) is 0 Å². The molecule has 0 amide bonds. The molecule has 8 aromatic carbocycles. The Kier molecular flexibility index (Phi) is 12.3. The van der Waals surface area contributed by atoms with Crippen molar-refractivity contribution < 1.29 is 31.3 Å². The van der Waals surface area contributed by atoms with Gasteiger partial charge in [0, 0.05) is 72.5 Å². The number of rotatable bonds is 8. The molecule has 1 aliphatic heterocycles. The number of anilines is 4. The van der Waals surface area contributed by atoms with Gasteiger partial charge in [-0.25, -0.2) is 4.98 Å². The van der Waals surface area contributed by atoms with E-state index < -0.39 is 0 Å². The Bertz CT molecular complexity index is 3970. The van der Waals surface area contributed by atoms with Crippen LogP contribution in [0.4, 0.5) is 22.7 Å². The quantitative estimate of drug-likeness (QED) is 0.142. The monoisotopic (exact) mass is 1180 g/mol. The summed E-state index contributed by atoms with van der Waals surface area (Å²) in [6, 6.07) is 59.3. The van der Waals surface area contributed by atoms with Crippen LogP contribution in [0.2, 0.25) is 0 Å². The van der Waals surface area contributed by atoms with Gasteiger partial charge in [-0.15, -0.1) is 48.1 Å². The molecule has 0 N–H and O–H groups in total. The van der Waals surface area contributed by atoms with Gasteiger partial charge in [0.15, 0.2) is 0 Å². The van der Waals surface area contributed by atoms with Crippen molar-refractivity contribution in [3.05, 3.63) is 223 Å². The van der Waals surface area contributed by atoms with Crippen LogP contribution in [0.5, 0.6) is 11.5 Å². The van der Waals surface area contributed by atoms with Crippen LogP contribution in [0.1, 0.15) is 111 Å². The Morgan fingerprint density at radius 3 is 1.75 bits per heavy atom. The number of pyridine rings is 1. The Balaban J connectivity index is 0.00000720. The molecular weight excluding hydrogens is 1110 g/mol. The van der Waals surface area contributed by atoms with Gasteiger partial charge in [-0.2, -0.15) is 12.1 Å². The van der Waals surface area contributed by atoms with E-state index in [1.165, 1.54) is 28.3 Å². The number of benzene rings is 8. The summed E-state index contributed by atoms with van der Waals surface area (Å²) >= 11 is 0. The number of aromatic nitrogens is 2. The second kappa shape index (κ2) is 19.7. The first-order valence-electron chi connectivity index (χ1n) is 28.0. The van der Waals surface area contributed by atoms with Crippen LogP contribution in [-0.2, 0) is 42.7 Å². The minimum Gasteiger partial charge on any atom is -0.509 e. The van der Waals surface area contributed by atoms with Crippen LogP contribution in [0.25, 0.3) is 61.0 Å². The standard InChI is InChI=1S/C70H67N4O.Pt/c1-67(2,3)50-33-36-65(71-44-50)74-61-26-17-16-25-57(61)58-35-34-56(43-64(58)74)75-55-24-20-23-54(42-55)72-45-73(63-28-19-18-27-62(63)72)66-59(48-31-29-47(30-32-48)46-21-14-13-15-22-46)40-53(70(10,11)12)41-60(66)49-37-51(68(4,5)6)39-52(38-49)69(7,8)9;/h13-41,44-45H,1-12H3;/q-3;/i13D,14D,15D,21D;. The van der Waals surface area contributed by atoms with Gasteiger partial charge < -0.3 is 19.1 Å². The van der Waals surface area contributed by atoms with Gasteiger partial charge in [0.1, 0.15) is 5.82 Å². The molecule has 0 atom stereocenters. The SMILES string of the molecule is [2H]c1cc(-c2ccc(-c3cc(C(C)(C)C)cc(-c4cc(C(C)(C)C)cc(C(C)(C)C)c4)c3N3[CH-]N(c4[c-]c(Oc5[c-]c6c(cc5)c5ccccc5n6-c5ccc(C(C)(C)C)cn5)ccc4)c4ccccc43)cc2)c([2H])c([2H])c1[2H].[Pt]. The van der Waals surface area contributed by atoms with Crippen molar-refractivity contribution in [2.45, 2.75) is 105 Å². The van der Waals surface area contributed by atoms with Gasteiger partial charge in [0.2, 0.25) is 0 Å². The molecule has 2 aromatic heterocycles. The molecule has 6 heteroatoms. The second-order valence-corrected chi connectivity index (χ2v) is 24.1. The van der Waals surface area contributed by atoms with Gasteiger partial charge in [-0.05, 0) is 108 Å². The molecule has 1 aliphatic rings. The summed E-state index contributed by atoms with van der Waals surface area (Å²) in [5.41, 5.74) is 15.3. The zero-order valence-corrected chi connectivity index (χ0v) is 47.9. The van der Waals surface area contributed by atoms with Crippen molar-refractivity contribution in [1.82, 2.24) is 9.55 Å². The zero-order valence-electron chi connectivity index (χ0n) is 49.6. The number of para-hydroxylation sites is 3. The van der Waals surface area contributed by atoms with Crippen molar-refractivity contribution in [3.63, 3.8) is 0 Å². The van der Waals surface area contributed by atoms with Crippen molar-refractivity contribution in [2.24, 2.45) is 0 Å². The van der Waals surface area contributed by atoms with E-state index in [4.69, 9.17) is 15.2 Å². The van der Waals surface area contributed by atoms with E-state index in [0.29, 0.717) is 22.6 Å². The average Bonchev–Trinajstić information content (AvgIpc) is 4.19. The molecular formula is C70H67N4OPt-3. The van der Waals surface area contributed by atoms with Crippen LogP contribution in [-0.4, -0.2) is 9.55 Å². The number of ether oxygens (including phenoxy) is 1. The normalized spacial score (nSPS) is 13.8. The summed E-state index contributed by atoms with van der Waals surface area (Å²) < 4.78 is 42.8. The molecule has 5 nitrogen and oxygen atoms in total. The Morgan fingerprint density at radius 1 is 0.487 bits per heavy atom. The first kappa shape index (κ1) is 47.3. The Morgan fingerprint density at radius 2 is 1.09 bits per heavy atom. The molecule has 3 heterocycles. The van der Waals surface area contributed by atoms with Gasteiger partial charge in [0.25, 0.3) is 0 Å². The molecule has 0 unspecified atom stereocenters. The Hall–Kier alpha value is -7.20. The fourth-order valence-electron chi connectivity index (χ4n) is 10.1. The molecule has 0 bridgehead atoms. The van der Waals surface area contributed by atoms with E-state index in [1.807, 2.05) is 36.5 Å². The third kappa shape index (κ3) is 10.0. The molecule has 0 aliphatic carbocycles. The van der Waals surface area contributed by atoms with E-state index >= 15 is 0 Å². The predicted octanol–water partition coefficient (Wildman–Crippen LogP) is 19.2. The molecule has 0 saturated heterocycles. The minimum absolute atomic E-state index is 0. The van der Waals surface area contributed by atoms with E-state index in [-0.39, 0.29) is 66.9 Å². The number of hydrogen-bond acceptors (Lipinski definition) is 4. The first-order chi connectivity index (χ1) is 37.3. The fourth-order valence-corrected chi connectivity index (χ4v) is 10.1. The molecule has 0 fully saturated rings. The summed E-state index contributed by atoms with van der Waals surface area (Å²) in [5, 5.41) is 2.17. The fraction of sp³-hybridized carbons (Fsp3) is 0.229. The molecule has 0 saturated carbocycles. The minimum atomic E-state index is -0.249. The van der Waals surface area contributed by atoms with Crippen LogP contribution >= 0.6 is 0 Å². The van der Waals surface area contributed by atoms with Gasteiger partial charge in [-0.1, -0.05) is 198 Å². The third-order valence-corrected chi connectivity index (χ3v) is 14.5. The Labute approximate surface area is 471 Å². The molecule has 76 heavy (non-hydrogen) atoms. The van der Waals surface area contributed by atoms with Crippen LogP contribution in [0.15, 0.2) is 182 Å². The third-order valence-electron chi connectivity index (χ3n) is 14.5. The molecule has 10 aromatic rings. The number of hydrogen-bond donors (Lipinski definition) is 0. The van der Waals surface area contributed by atoms with Crippen molar-refractivity contribution >= 4 is 44.6 Å². The van der Waals surface area contributed by atoms with Crippen LogP contribution in [0, 0.1) is 18.8 Å². The molecule has 386 valence electrons. The van der Waals surface area contributed by atoms with E-state index in [0.717, 1.165) is 72.6 Å². The topological polar surface area (TPSA) is 33.5 Å². The molecule has 11 rings (SSSR count). The van der Waals surface area contributed by atoms with E-state index in [2.05, 4.69) is 232 Å². The summed E-state index contributed by atoms with van der Waals surface area (Å²) in [4.78, 5) is 9.48. The van der Waals surface area contributed by atoms with Crippen LogP contribution < -0.4 is 14.5 Å². The maximum Gasteiger partial charge on any atom is 0.135 e. The molecule has 0 radical (unpaired) electrons. The largest absolute Gasteiger partial charge is 0.509 e. The van der Waals surface area contributed by atoms with E-state index in [1.54, 1.807) is 0 Å². The summed E-state index contributed by atoms with van der Waals surface area (Å²) in [6.45, 7) is 29.2. The summed E-state index contributed by atoms with van der Waals surface area (Å²) in [7, 11) is 0. The average molecular weight is 1180 g/mol. The molecule has 0 spiro atoms. The van der Waals surface area contributed by atoms with Crippen molar-refractivity contribution in [1.29, 1.82) is 0 Å². The van der Waals surface area contributed by atoms with Crippen molar-refractivity contribution in [3.8, 4) is 50.7 Å². The predicted molar refractivity (Wildman–Crippen MR) is 315 cm³/mol. The number of fused-ring (bicyclic) bond motifs is 4. The number of nitrogens with zero attached hydrogens (tertiary/aromatic N) is 4. The maximum absolute atomic E-state index is 8.79. The van der Waals surface area contributed by atoms with Crippen LogP contribution in [0.3, 0.4) is 0 Å². The summed E-state index contributed by atoms with van der Waals surface area (Å²) in [6.07, 6.45) is 1.97. The van der Waals surface area contributed by atoms with Gasteiger partial charge in [-0.3, -0.25) is 0 Å². The summed E-state index contributed by atoms with van der Waals surface area (Å²) in [5.74, 6) is 1.91. The first-order valence-corrected chi connectivity index (χ1v) is 26.0. The second-order valence-electron chi connectivity index (χ2n) is 24.1. The zero-order chi connectivity index (χ0) is 56.1. The smallest absolute Gasteiger partial charge is 0.135 e.